The second-order valence-electron chi connectivity index (χ2n) is 5.37. The van der Waals surface area contributed by atoms with Crippen molar-refractivity contribution in [2.24, 2.45) is 5.73 Å². The van der Waals surface area contributed by atoms with Gasteiger partial charge in [0.1, 0.15) is 0 Å². The van der Waals surface area contributed by atoms with Crippen molar-refractivity contribution in [1.29, 1.82) is 0 Å². The van der Waals surface area contributed by atoms with Gasteiger partial charge in [-0.3, -0.25) is 9.59 Å². The molecule has 0 radical (unpaired) electrons. The molecule has 1 aliphatic heterocycles. The van der Waals surface area contributed by atoms with E-state index in [1.165, 1.54) is 0 Å². The van der Waals surface area contributed by atoms with Crippen LogP contribution in [0.4, 0.5) is 5.69 Å². The molecule has 1 heterocycles. The van der Waals surface area contributed by atoms with Crippen LogP contribution in [0.2, 0.25) is 0 Å². The topological polar surface area (TPSA) is 63.4 Å². The molecule has 1 aliphatic rings. The summed E-state index contributed by atoms with van der Waals surface area (Å²) in [6.07, 6.45) is 0.143. The minimum absolute atomic E-state index is 0.0465. The van der Waals surface area contributed by atoms with Crippen molar-refractivity contribution >= 4 is 17.5 Å². The molecule has 0 saturated carbocycles. The number of hydrogen-bond donors (Lipinski definition) is 1. The Hall–Kier alpha value is -3.06. The molecule has 0 saturated heterocycles. The Kier molecular flexibility index (Phi) is 4.11. The lowest BCUT2D eigenvalue weighted by atomic mass is 10.0. The Morgan fingerprint density at radius 3 is 2.39 bits per heavy atom. The summed E-state index contributed by atoms with van der Waals surface area (Å²) in [5, 5.41) is 0. The van der Waals surface area contributed by atoms with Gasteiger partial charge in [0.15, 0.2) is 0 Å². The molecule has 4 nitrogen and oxygen atoms in total. The third kappa shape index (κ3) is 3.24. The summed E-state index contributed by atoms with van der Waals surface area (Å²) in [6, 6.07) is 15.3. The summed E-state index contributed by atoms with van der Waals surface area (Å²) >= 11 is 0. The molecule has 0 fully saturated rings. The standard InChI is InChI=1S/C19H16N2O2/c20-18(22)11-12-19(23)21-13-16-7-2-1-5-14(16)9-10-15-6-3-4-8-17(15)21/h1-8H,11-13H2,(H2,20,22). The molecule has 0 aliphatic carbocycles. The van der Waals surface area contributed by atoms with E-state index in [0.29, 0.717) is 6.54 Å². The van der Waals surface area contributed by atoms with E-state index in [1.54, 1.807) is 4.90 Å². The first kappa shape index (κ1) is 14.9. The fourth-order valence-electron chi connectivity index (χ4n) is 2.57. The van der Waals surface area contributed by atoms with E-state index in [1.807, 2.05) is 48.5 Å². The maximum Gasteiger partial charge on any atom is 0.227 e. The molecule has 0 aromatic heterocycles. The summed E-state index contributed by atoms with van der Waals surface area (Å²) in [5.41, 5.74) is 8.63. The third-order valence-corrected chi connectivity index (χ3v) is 3.76. The number of carbonyl (C=O) groups is 2. The number of hydrogen-bond acceptors (Lipinski definition) is 2. The molecule has 4 heteroatoms. The lowest BCUT2D eigenvalue weighted by Crippen LogP contribution is -2.32. The van der Waals surface area contributed by atoms with E-state index in [9.17, 15) is 9.59 Å². The van der Waals surface area contributed by atoms with Crippen LogP contribution in [-0.2, 0) is 16.1 Å². The molecule has 23 heavy (non-hydrogen) atoms. The van der Waals surface area contributed by atoms with E-state index in [0.717, 1.165) is 22.4 Å². The third-order valence-electron chi connectivity index (χ3n) is 3.76. The van der Waals surface area contributed by atoms with Crippen LogP contribution in [-0.4, -0.2) is 11.8 Å². The van der Waals surface area contributed by atoms with Gasteiger partial charge in [0.25, 0.3) is 0 Å². The highest BCUT2D eigenvalue weighted by Crippen LogP contribution is 2.26. The summed E-state index contributed by atoms with van der Waals surface area (Å²) < 4.78 is 0. The minimum Gasteiger partial charge on any atom is -0.370 e. The zero-order valence-corrected chi connectivity index (χ0v) is 12.6. The highest BCUT2D eigenvalue weighted by molar-refractivity contribution is 5.96. The van der Waals surface area contributed by atoms with Crippen LogP contribution < -0.4 is 10.6 Å². The van der Waals surface area contributed by atoms with Crippen LogP contribution in [0.3, 0.4) is 0 Å². The molecule has 0 bridgehead atoms. The van der Waals surface area contributed by atoms with Crippen LogP contribution in [0.1, 0.15) is 29.5 Å². The fraction of sp³-hybridized carbons (Fsp3) is 0.158. The molecule has 0 spiro atoms. The van der Waals surface area contributed by atoms with Gasteiger partial charge in [-0.05, 0) is 23.8 Å². The first-order valence-electron chi connectivity index (χ1n) is 7.43. The van der Waals surface area contributed by atoms with E-state index >= 15 is 0 Å². The van der Waals surface area contributed by atoms with Crippen molar-refractivity contribution in [2.45, 2.75) is 19.4 Å². The number of nitrogens with two attached hydrogens (primary N) is 1. The van der Waals surface area contributed by atoms with Crippen LogP contribution in [0.15, 0.2) is 48.5 Å². The van der Waals surface area contributed by atoms with Gasteiger partial charge >= 0.3 is 0 Å². The Labute approximate surface area is 134 Å². The Bertz CT molecular complexity index is 831. The fourth-order valence-corrected chi connectivity index (χ4v) is 2.57. The Balaban J connectivity index is 2.04. The number of carbonyl (C=O) groups excluding carboxylic acids is 2. The number of amides is 2. The SMILES string of the molecule is NC(=O)CCC(=O)N1Cc2ccccc2C#Cc2ccccc21. The molecule has 2 aromatic carbocycles. The maximum absolute atomic E-state index is 12.6. The van der Waals surface area contributed by atoms with Crippen LogP contribution in [0.5, 0.6) is 0 Å². The highest BCUT2D eigenvalue weighted by atomic mass is 16.2. The van der Waals surface area contributed by atoms with Gasteiger partial charge in [0.05, 0.1) is 12.2 Å². The molecule has 0 unspecified atom stereocenters. The number of fused-ring (bicyclic) bond motifs is 2. The molecule has 2 amide bonds. The van der Waals surface area contributed by atoms with Gasteiger partial charge in [-0.2, -0.15) is 0 Å². The summed E-state index contributed by atoms with van der Waals surface area (Å²) in [6.45, 7) is 0.430. The Morgan fingerprint density at radius 2 is 1.61 bits per heavy atom. The summed E-state index contributed by atoms with van der Waals surface area (Å²) in [5.74, 6) is 5.70. The molecule has 3 rings (SSSR count). The van der Waals surface area contributed by atoms with Gasteiger partial charge in [-0.25, -0.2) is 0 Å². The molecular formula is C19H16N2O2. The molecule has 114 valence electrons. The van der Waals surface area contributed by atoms with Crippen molar-refractivity contribution in [1.82, 2.24) is 0 Å². The second-order valence-corrected chi connectivity index (χ2v) is 5.37. The lowest BCUT2D eigenvalue weighted by Gasteiger charge is -2.25. The van der Waals surface area contributed by atoms with Crippen LogP contribution in [0.25, 0.3) is 0 Å². The second kappa shape index (κ2) is 6.37. The zero-order chi connectivity index (χ0) is 16.2. The van der Waals surface area contributed by atoms with Crippen molar-refractivity contribution in [3.05, 3.63) is 65.2 Å². The van der Waals surface area contributed by atoms with Crippen molar-refractivity contribution in [3.63, 3.8) is 0 Å². The molecular weight excluding hydrogens is 288 g/mol. The number of rotatable bonds is 3. The largest absolute Gasteiger partial charge is 0.370 e. The van der Waals surface area contributed by atoms with Crippen molar-refractivity contribution < 1.29 is 9.59 Å². The first-order valence-corrected chi connectivity index (χ1v) is 7.43. The number of para-hydroxylation sites is 1. The van der Waals surface area contributed by atoms with E-state index in [4.69, 9.17) is 5.73 Å². The quantitative estimate of drug-likeness (QED) is 0.884. The maximum atomic E-state index is 12.6. The van der Waals surface area contributed by atoms with Crippen molar-refractivity contribution in [2.75, 3.05) is 4.90 Å². The minimum atomic E-state index is -0.473. The summed E-state index contributed by atoms with van der Waals surface area (Å²) in [4.78, 5) is 25.3. The predicted octanol–water partition coefficient (Wildman–Crippen LogP) is 2.20. The van der Waals surface area contributed by atoms with Gasteiger partial charge in [0.2, 0.25) is 11.8 Å². The highest BCUT2D eigenvalue weighted by Gasteiger charge is 2.21. The van der Waals surface area contributed by atoms with Crippen LogP contribution >= 0.6 is 0 Å². The van der Waals surface area contributed by atoms with E-state index in [2.05, 4.69) is 11.8 Å². The summed E-state index contributed by atoms with van der Waals surface area (Å²) in [7, 11) is 0. The van der Waals surface area contributed by atoms with Gasteiger partial charge in [-0.15, -0.1) is 0 Å². The lowest BCUT2D eigenvalue weighted by molar-refractivity contribution is -0.123. The Morgan fingerprint density at radius 1 is 0.957 bits per heavy atom. The zero-order valence-electron chi connectivity index (χ0n) is 12.6. The van der Waals surface area contributed by atoms with Crippen molar-refractivity contribution in [3.8, 4) is 11.8 Å². The van der Waals surface area contributed by atoms with Gasteiger partial charge in [0, 0.05) is 24.0 Å². The molecule has 0 atom stereocenters. The predicted molar refractivity (Wildman–Crippen MR) is 88.5 cm³/mol. The van der Waals surface area contributed by atoms with Gasteiger partial charge < -0.3 is 10.6 Å². The van der Waals surface area contributed by atoms with Gasteiger partial charge in [-0.1, -0.05) is 42.2 Å². The van der Waals surface area contributed by atoms with Crippen LogP contribution in [0, 0.1) is 11.8 Å². The average molecular weight is 304 g/mol. The first-order chi connectivity index (χ1) is 11.1. The number of primary amides is 1. The van der Waals surface area contributed by atoms with E-state index in [-0.39, 0.29) is 18.7 Å². The molecule has 2 aromatic rings. The average Bonchev–Trinajstić information content (AvgIpc) is 2.55. The monoisotopic (exact) mass is 304 g/mol. The number of anilines is 1. The smallest absolute Gasteiger partial charge is 0.227 e. The number of nitrogens with zero attached hydrogens (tertiary/aromatic N) is 1. The number of benzene rings is 2. The molecule has 2 N–H and O–H groups in total. The normalized spacial score (nSPS) is 12.1. The van der Waals surface area contributed by atoms with E-state index < -0.39 is 5.91 Å².